The molecule has 1 aromatic heterocycles. The highest BCUT2D eigenvalue weighted by Crippen LogP contribution is 2.29. The van der Waals surface area contributed by atoms with E-state index in [0.717, 1.165) is 17.1 Å². The van der Waals surface area contributed by atoms with Crippen LogP contribution in [-0.4, -0.2) is 16.3 Å². The maximum atomic E-state index is 13.9. The Labute approximate surface area is 120 Å². The summed E-state index contributed by atoms with van der Waals surface area (Å²) in [4.78, 5) is 18.9. The van der Waals surface area contributed by atoms with E-state index in [-0.39, 0.29) is 17.2 Å². The van der Waals surface area contributed by atoms with E-state index < -0.39 is 5.82 Å². The summed E-state index contributed by atoms with van der Waals surface area (Å²) in [5.74, 6) is -0.317. The molecule has 4 nitrogen and oxygen atoms in total. The fourth-order valence-corrected chi connectivity index (χ4v) is 2.07. The number of halogens is 1. The predicted octanol–water partition coefficient (Wildman–Crippen LogP) is 3.68. The van der Waals surface area contributed by atoms with Crippen molar-refractivity contribution in [1.29, 1.82) is 0 Å². The Balaban J connectivity index is 2.06. The number of hydrogen-bond acceptors (Lipinski definition) is 4. The van der Waals surface area contributed by atoms with Crippen molar-refractivity contribution in [2.75, 3.05) is 0 Å². The Bertz CT molecular complexity index is 834. The van der Waals surface area contributed by atoms with Crippen molar-refractivity contribution in [3.8, 4) is 11.6 Å². The van der Waals surface area contributed by atoms with Gasteiger partial charge in [-0.15, -0.1) is 0 Å². The van der Waals surface area contributed by atoms with Crippen LogP contribution in [0.15, 0.2) is 42.7 Å². The summed E-state index contributed by atoms with van der Waals surface area (Å²) < 4.78 is 19.4. The number of carbonyl (C=O) groups is 1. The van der Waals surface area contributed by atoms with E-state index in [4.69, 9.17) is 4.74 Å². The second-order valence-electron chi connectivity index (χ2n) is 4.56. The number of benzene rings is 2. The van der Waals surface area contributed by atoms with Gasteiger partial charge in [0, 0.05) is 5.56 Å². The average Bonchev–Trinajstić information content (AvgIpc) is 2.50. The van der Waals surface area contributed by atoms with Gasteiger partial charge in [-0.1, -0.05) is 12.1 Å². The molecule has 2 aromatic carbocycles. The van der Waals surface area contributed by atoms with Gasteiger partial charge in [-0.25, -0.2) is 14.4 Å². The number of aldehydes is 1. The first kappa shape index (κ1) is 13.2. The second kappa shape index (κ2) is 5.28. The molecule has 0 radical (unpaired) electrons. The first-order valence-electron chi connectivity index (χ1n) is 6.32. The van der Waals surface area contributed by atoms with Crippen LogP contribution in [0.3, 0.4) is 0 Å². The summed E-state index contributed by atoms with van der Waals surface area (Å²) in [7, 11) is 0. The van der Waals surface area contributed by atoms with Crippen molar-refractivity contribution in [3.63, 3.8) is 0 Å². The summed E-state index contributed by atoms with van der Waals surface area (Å²) in [5, 5.41) is 0.705. The zero-order valence-electron chi connectivity index (χ0n) is 11.2. The van der Waals surface area contributed by atoms with E-state index >= 15 is 0 Å². The van der Waals surface area contributed by atoms with Gasteiger partial charge in [-0.2, -0.15) is 0 Å². The summed E-state index contributed by atoms with van der Waals surface area (Å²) >= 11 is 0. The van der Waals surface area contributed by atoms with Crippen molar-refractivity contribution in [2.45, 2.75) is 6.92 Å². The molecule has 0 saturated heterocycles. The molecule has 0 spiro atoms. The van der Waals surface area contributed by atoms with Gasteiger partial charge < -0.3 is 4.74 Å². The van der Waals surface area contributed by atoms with E-state index in [0.29, 0.717) is 11.7 Å². The molecule has 0 atom stereocenters. The number of aromatic nitrogens is 2. The van der Waals surface area contributed by atoms with Crippen LogP contribution in [0.25, 0.3) is 10.9 Å². The molecule has 5 heteroatoms. The summed E-state index contributed by atoms with van der Waals surface area (Å²) in [6.45, 7) is 1.93. The van der Waals surface area contributed by atoms with Crippen LogP contribution in [0.2, 0.25) is 0 Å². The van der Waals surface area contributed by atoms with Gasteiger partial charge in [-0.05, 0) is 36.8 Å². The van der Waals surface area contributed by atoms with E-state index in [2.05, 4.69) is 9.97 Å². The molecule has 0 aliphatic rings. The number of ether oxygens (including phenoxy) is 1. The van der Waals surface area contributed by atoms with Crippen LogP contribution < -0.4 is 4.74 Å². The zero-order chi connectivity index (χ0) is 14.8. The van der Waals surface area contributed by atoms with E-state index in [1.165, 1.54) is 18.5 Å². The molecule has 21 heavy (non-hydrogen) atoms. The molecule has 0 bridgehead atoms. The minimum absolute atomic E-state index is 0.0158. The zero-order valence-corrected chi connectivity index (χ0v) is 11.2. The summed E-state index contributed by atoms with van der Waals surface area (Å²) in [6.07, 6.45) is 1.96. The lowest BCUT2D eigenvalue weighted by atomic mass is 10.1. The molecule has 0 aliphatic heterocycles. The molecule has 1 heterocycles. The first-order chi connectivity index (χ1) is 10.2. The van der Waals surface area contributed by atoms with Gasteiger partial charge in [0.1, 0.15) is 12.6 Å². The first-order valence-corrected chi connectivity index (χ1v) is 6.32. The average molecular weight is 282 g/mol. The lowest BCUT2D eigenvalue weighted by molar-refractivity contribution is 0.112. The van der Waals surface area contributed by atoms with E-state index in [1.54, 1.807) is 0 Å². The number of aryl methyl sites for hydroxylation is 1. The summed E-state index contributed by atoms with van der Waals surface area (Å²) in [5.41, 5.74) is 1.99. The number of fused-ring (bicyclic) bond motifs is 1. The summed E-state index contributed by atoms with van der Waals surface area (Å²) in [6, 6.07) is 9.62. The molecule has 0 aliphatic carbocycles. The topological polar surface area (TPSA) is 52.1 Å². The molecule has 0 N–H and O–H groups in total. The fraction of sp³-hybridized carbons (Fsp3) is 0.0625. The molecule has 0 amide bonds. The van der Waals surface area contributed by atoms with Crippen molar-refractivity contribution in [2.24, 2.45) is 0 Å². The lowest BCUT2D eigenvalue weighted by Crippen LogP contribution is -1.95. The molecule has 104 valence electrons. The van der Waals surface area contributed by atoms with Crippen LogP contribution in [0.1, 0.15) is 15.9 Å². The Hall–Kier alpha value is -2.82. The fourth-order valence-electron chi connectivity index (χ4n) is 2.07. The molecule has 0 unspecified atom stereocenters. The van der Waals surface area contributed by atoms with E-state index in [9.17, 15) is 9.18 Å². The van der Waals surface area contributed by atoms with E-state index in [1.807, 2.05) is 25.1 Å². The van der Waals surface area contributed by atoms with Crippen LogP contribution in [-0.2, 0) is 0 Å². The quantitative estimate of drug-likeness (QED) is 0.688. The number of rotatable bonds is 3. The van der Waals surface area contributed by atoms with Gasteiger partial charge >= 0.3 is 0 Å². The maximum absolute atomic E-state index is 13.9. The molecular formula is C16H11FN2O2. The van der Waals surface area contributed by atoms with Crippen molar-refractivity contribution >= 4 is 17.2 Å². The third kappa shape index (κ3) is 2.45. The van der Waals surface area contributed by atoms with Crippen LogP contribution in [0, 0.1) is 12.7 Å². The SMILES string of the molecule is Cc1cccc2c(Oc3ccc(C=O)cc3F)ncnc12. The lowest BCUT2D eigenvalue weighted by Gasteiger charge is -2.09. The Kier molecular flexibility index (Phi) is 3.31. The number of hydrogen-bond donors (Lipinski definition) is 0. The molecule has 0 fully saturated rings. The monoisotopic (exact) mass is 282 g/mol. The molecule has 3 rings (SSSR count). The van der Waals surface area contributed by atoms with Crippen molar-refractivity contribution in [3.05, 3.63) is 59.7 Å². The minimum atomic E-state index is -0.612. The Morgan fingerprint density at radius 2 is 2.05 bits per heavy atom. The normalized spacial score (nSPS) is 10.6. The number of nitrogens with zero attached hydrogens (tertiary/aromatic N) is 2. The van der Waals surface area contributed by atoms with Crippen molar-refractivity contribution in [1.82, 2.24) is 9.97 Å². The minimum Gasteiger partial charge on any atom is -0.435 e. The number of carbonyl (C=O) groups excluding carboxylic acids is 1. The highest BCUT2D eigenvalue weighted by molar-refractivity contribution is 5.86. The number of para-hydroxylation sites is 1. The largest absolute Gasteiger partial charge is 0.435 e. The van der Waals surface area contributed by atoms with Crippen LogP contribution >= 0.6 is 0 Å². The van der Waals surface area contributed by atoms with Gasteiger partial charge in [0.05, 0.1) is 10.9 Å². The third-order valence-electron chi connectivity index (χ3n) is 3.13. The predicted molar refractivity (Wildman–Crippen MR) is 76.1 cm³/mol. The van der Waals surface area contributed by atoms with Gasteiger partial charge in [0.15, 0.2) is 11.6 Å². The van der Waals surface area contributed by atoms with Crippen LogP contribution in [0.5, 0.6) is 11.6 Å². The van der Waals surface area contributed by atoms with Gasteiger partial charge in [0.25, 0.3) is 0 Å². The highest BCUT2D eigenvalue weighted by atomic mass is 19.1. The molecule has 3 aromatic rings. The molecule has 0 saturated carbocycles. The highest BCUT2D eigenvalue weighted by Gasteiger charge is 2.11. The van der Waals surface area contributed by atoms with Gasteiger partial charge in [-0.3, -0.25) is 4.79 Å². The van der Waals surface area contributed by atoms with Gasteiger partial charge in [0.2, 0.25) is 5.88 Å². The standard InChI is InChI=1S/C16H11FN2O2/c1-10-3-2-4-12-15(10)18-9-19-16(12)21-14-6-5-11(8-20)7-13(14)17/h2-9H,1H3. The molecular weight excluding hydrogens is 271 g/mol. The van der Waals surface area contributed by atoms with Crippen LogP contribution in [0.4, 0.5) is 4.39 Å². The second-order valence-corrected chi connectivity index (χ2v) is 4.56. The van der Waals surface area contributed by atoms with Crippen molar-refractivity contribution < 1.29 is 13.9 Å². The Morgan fingerprint density at radius 3 is 2.81 bits per heavy atom. The smallest absolute Gasteiger partial charge is 0.230 e. The maximum Gasteiger partial charge on any atom is 0.230 e. The third-order valence-corrected chi connectivity index (χ3v) is 3.13. The Morgan fingerprint density at radius 1 is 1.19 bits per heavy atom.